The molecule has 0 spiro atoms. The highest BCUT2D eigenvalue weighted by Crippen LogP contribution is 2.32. The number of benzene rings is 2. The summed E-state index contributed by atoms with van der Waals surface area (Å²) in [6.45, 7) is 3.92. The number of hydrogen-bond acceptors (Lipinski definition) is 5. The maximum Gasteiger partial charge on any atom is 0.195 e. The van der Waals surface area contributed by atoms with Crippen LogP contribution in [0.1, 0.15) is 13.3 Å². The third kappa shape index (κ3) is 5.45. The van der Waals surface area contributed by atoms with Crippen LogP contribution in [0.3, 0.4) is 0 Å². The normalized spacial score (nSPS) is 14.6. The number of fused-ring (bicyclic) bond motifs is 1. The second-order valence-corrected chi connectivity index (χ2v) is 6.39. The van der Waals surface area contributed by atoms with Crippen LogP contribution in [-0.4, -0.2) is 46.0 Å². The first-order chi connectivity index (χ1) is 13.7. The van der Waals surface area contributed by atoms with E-state index in [2.05, 4.69) is 15.6 Å². The minimum Gasteiger partial charge on any atom is -0.497 e. The molecule has 0 aliphatic carbocycles. The van der Waals surface area contributed by atoms with Gasteiger partial charge in [0.05, 0.1) is 26.9 Å². The SMILES string of the molecule is CN=C(NCC(C)Oc1ccc(OC)cc1)Nc1ccc2c(c1)OCCCO2. The summed E-state index contributed by atoms with van der Waals surface area (Å²) >= 11 is 0. The Morgan fingerprint density at radius 2 is 1.79 bits per heavy atom. The van der Waals surface area contributed by atoms with E-state index in [1.807, 2.05) is 49.4 Å². The number of methoxy groups -OCH3 is 1. The van der Waals surface area contributed by atoms with Crippen molar-refractivity contribution in [2.24, 2.45) is 4.99 Å². The fourth-order valence-corrected chi connectivity index (χ4v) is 2.73. The molecule has 3 rings (SSSR count). The molecule has 0 amide bonds. The van der Waals surface area contributed by atoms with Crippen molar-refractivity contribution in [2.75, 3.05) is 39.2 Å². The molecule has 2 aromatic rings. The van der Waals surface area contributed by atoms with E-state index in [9.17, 15) is 0 Å². The molecule has 0 radical (unpaired) electrons. The Hall–Kier alpha value is -3.09. The molecule has 1 heterocycles. The van der Waals surface area contributed by atoms with Gasteiger partial charge in [-0.25, -0.2) is 0 Å². The molecule has 0 fully saturated rings. The van der Waals surface area contributed by atoms with Gasteiger partial charge in [0.1, 0.15) is 17.6 Å². The predicted octanol–water partition coefficient (Wildman–Crippen LogP) is 3.31. The van der Waals surface area contributed by atoms with Crippen LogP contribution in [0.5, 0.6) is 23.0 Å². The van der Waals surface area contributed by atoms with Crippen LogP contribution >= 0.6 is 0 Å². The van der Waals surface area contributed by atoms with Crippen LogP contribution in [0, 0.1) is 0 Å². The summed E-state index contributed by atoms with van der Waals surface area (Å²) in [5, 5.41) is 6.53. The number of anilines is 1. The Labute approximate surface area is 165 Å². The standard InChI is InChI=1S/C21H27N3O4/c1-15(28-18-8-6-17(25-3)7-9-18)14-23-21(22-2)24-16-5-10-19-20(13-16)27-12-4-11-26-19/h5-10,13,15H,4,11-12,14H2,1-3H3,(H2,22,23,24). The summed E-state index contributed by atoms with van der Waals surface area (Å²) < 4.78 is 22.5. The Bertz CT molecular complexity index is 793. The van der Waals surface area contributed by atoms with Crippen molar-refractivity contribution in [3.05, 3.63) is 42.5 Å². The molecule has 0 saturated carbocycles. The van der Waals surface area contributed by atoms with E-state index in [1.54, 1.807) is 14.2 Å². The zero-order valence-corrected chi connectivity index (χ0v) is 16.5. The Balaban J connectivity index is 1.52. The number of rotatable bonds is 6. The number of aliphatic imine (C=N–C) groups is 1. The maximum atomic E-state index is 5.91. The topological polar surface area (TPSA) is 73.3 Å². The lowest BCUT2D eigenvalue weighted by atomic mass is 10.2. The second-order valence-electron chi connectivity index (χ2n) is 6.39. The number of ether oxygens (including phenoxy) is 4. The first-order valence-corrected chi connectivity index (χ1v) is 9.36. The lowest BCUT2D eigenvalue weighted by Crippen LogP contribution is -2.37. The van der Waals surface area contributed by atoms with Gasteiger partial charge in [0.15, 0.2) is 17.5 Å². The molecule has 0 aromatic heterocycles. The highest BCUT2D eigenvalue weighted by Gasteiger charge is 2.12. The van der Waals surface area contributed by atoms with Gasteiger partial charge in [0.25, 0.3) is 0 Å². The lowest BCUT2D eigenvalue weighted by Gasteiger charge is -2.18. The summed E-state index contributed by atoms with van der Waals surface area (Å²) in [5.41, 5.74) is 0.876. The molecule has 1 aliphatic rings. The van der Waals surface area contributed by atoms with Gasteiger partial charge in [-0.15, -0.1) is 0 Å². The van der Waals surface area contributed by atoms with Crippen LogP contribution in [-0.2, 0) is 0 Å². The molecule has 0 saturated heterocycles. The van der Waals surface area contributed by atoms with Crippen molar-refractivity contribution in [3.8, 4) is 23.0 Å². The summed E-state index contributed by atoms with van der Waals surface area (Å²) in [5.74, 6) is 3.76. The average Bonchev–Trinajstić information content (AvgIpc) is 2.96. The highest BCUT2D eigenvalue weighted by molar-refractivity contribution is 5.93. The zero-order valence-electron chi connectivity index (χ0n) is 16.5. The first kappa shape index (κ1) is 19.7. The van der Waals surface area contributed by atoms with E-state index in [-0.39, 0.29) is 6.10 Å². The van der Waals surface area contributed by atoms with Gasteiger partial charge in [0, 0.05) is 25.2 Å². The van der Waals surface area contributed by atoms with Crippen LogP contribution < -0.4 is 29.6 Å². The van der Waals surface area contributed by atoms with Crippen LogP contribution in [0.15, 0.2) is 47.5 Å². The van der Waals surface area contributed by atoms with E-state index in [0.29, 0.717) is 25.7 Å². The van der Waals surface area contributed by atoms with E-state index < -0.39 is 0 Å². The summed E-state index contributed by atoms with van der Waals surface area (Å²) in [6, 6.07) is 13.3. The predicted molar refractivity (Wildman–Crippen MR) is 110 cm³/mol. The van der Waals surface area contributed by atoms with Gasteiger partial charge in [0.2, 0.25) is 0 Å². The minimum atomic E-state index is -0.0456. The number of hydrogen-bond donors (Lipinski definition) is 2. The summed E-state index contributed by atoms with van der Waals surface area (Å²) in [4.78, 5) is 4.27. The third-order valence-corrected chi connectivity index (χ3v) is 4.19. The molecule has 1 atom stereocenters. The van der Waals surface area contributed by atoms with E-state index >= 15 is 0 Å². The summed E-state index contributed by atoms with van der Waals surface area (Å²) in [6.07, 6.45) is 0.836. The van der Waals surface area contributed by atoms with Crippen LogP contribution in [0.2, 0.25) is 0 Å². The van der Waals surface area contributed by atoms with Crippen molar-refractivity contribution >= 4 is 11.6 Å². The number of nitrogens with one attached hydrogen (secondary N) is 2. The van der Waals surface area contributed by atoms with Crippen LogP contribution in [0.25, 0.3) is 0 Å². The molecule has 1 aliphatic heterocycles. The van der Waals surface area contributed by atoms with E-state index in [0.717, 1.165) is 35.1 Å². The lowest BCUT2D eigenvalue weighted by molar-refractivity contribution is 0.224. The van der Waals surface area contributed by atoms with Gasteiger partial charge >= 0.3 is 0 Å². The molecule has 7 nitrogen and oxygen atoms in total. The largest absolute Gasteiger partial charge is 0.497 e. The third-order valence-electron chi connectivity index (χ3n) is 4.19. The quantitative estimate of drug-likeness (QED) is 0.587. The molecule has 28 heavy (non-hydrogen) atoms. The molecule has 2 aromatic carbocycles. The molecular formula is C21H27N3O4. The van der Waals surface area contributed by atoms with Crippen molar-refractivity contribution in [3.63, 3.8) is 0 Å². The van der Waals surface area contributed by atoms with E-state index in [4.69, 9.17) is 18.9 Å². The molecule has 150 valence electrons. The molecule has 0 bridgehead atoms. The van der Waals surface area contributed by atoms with Gasteiger partial charge in [-0.2, -0.15) is 0 Å². The monoisotopic (exact) mass is 385 g/mol. The minimum absolute atomic E-state index is 0.0456. The Morgan fingerprint density at radius 1 is 1.07 bits per heavy atom. The van der Waals surface area contributed by atoms with Gasteiger partial charge in [-0.3, -0.25) is 4.99 Å². The van der Waals surface area contributed by atoms with E-state index in [1.165, 1.54) is 0 Å². The smallest absolute Gasteiger partial charge is 0.195 e. The Kier molecular flexibility index (Phi) is 6.84. The van der Waals surface area contributed by atoms with Gasteiger partial charge < -0.3 is 29.6 Å². The fraction of sp³-hybridized carbons (Fsp3) is 0.381. The highest BCUT2D eigenvalue weighted by atomic mass is 16.5. The second kappa shape index (κ2) is 9.73. The van der Waals surface area contributed by atoms with Crippen molar-refractivity contribution < 1.29 is 18.9 Å². The molecule has 1 unspecified atom stereocenters. The molecule has 2 N–H and O–H groups in total. The van der Waals surface area contributed by atoms with Crippen molar-refractivity contribution in [1.29, 1.82) is 0 Å². The van der Waals surface area contributed by atoms with Gasteiger partial charge in [-0.1, -0.05) is 0 Å². The Morgan fingerprint density at radius 3 is 2.50 bits per heavy atom. The van der Waals surface area contributed by atoms with Gasteiger partial charge in [-0.05, 0) is 43.3 Å². The number of nitrogens with zero attached hydrogens (tertiary/aromatic N) is 1. The van der Waals surface area contributed by atoms with Crippen LogP contribution in [0.4, 0.5) is 5.69 Å². The zero-order chi connectivity index (χ0) is 19.8. The fourth-order valence-electron chi connectivity index (χ4n) is 2.73. The number of guanidine groups is 1. The first-order valence-electron chi connectivity index (χ1n) is 9.36. The maximum absolute atomic E-state index is 5.91. The average molecular weight is 385 g/mol. The summed E-state index contributed by atoms with van der Waals surface area (Å²) in [7, 11) is 3.37. The molecular weight excluding hydrogens is 358 g/mol. The van der Waals surface area contributed by atoms with Crippen molar-refractivity contribution in [1.82, 2.24) is 5.32 Å². The molecule has 7 heteroatoms. The van der Waals surface area contributed by atoms with Crippen molar-refractivity contribution in [2.45, 2.75) is 19.4 Å².